The molecule has 0 aliphatic carbocycles. The maximum Gasteiger partial charge on any atom is 0.425 e. The van der Waals surface area contributed by atoms with Gasteiger partial charge in [-0.3, -0.25) is 4.90 Å². The molecule has 1 aliphatic rings. The summed E-state index contributed by atoms with van der Waals surface area (Å²) in [5.74, 6) is -17.5. The van der Waals surface area contributed by atoms with E-state index < -0.39 is 97.2 Å². The Kier molecular flexibility index (Phi) is 9.22. The third-order valence-corrected chi connectivity index (χ3v) is 5.56. The van der Waals surface area contributed by atoms with Gasteiger partial charge in [0.05, 0.1) is 11.8 Å². The molecule has 2 nitrogen and oxygen atoms in total. The molecule has 1 fully saturated rings. The highest BCUT2D eigenvalue weighted by molar-refractivity contribution is 5.00. The Labute approximate surface area is 191 Å². The maximum atomic E-state index is 14.8. The van der Waals surface area contributed by atoms with Crippen LogP contribution in [0.5, 0.6) is 0 Å². The largest absolute Gasteiger partial charge is 0.425 e. The van der Waals surface area contributed by atoms with E-state index in [1.165, 1.54) is 0 Å². The Morgan fingerprint density at radius 2 is 0.972 bits per heavy atom. The zero-order valence-corrected chi connectivity index (χ0v) is 17.9. The zero-order valence-electron chi connectivity index (χ0n) is 17.9. The topological polar surface area (TPSA) is 12.5 Å². The second kappa shape index (κ2) is 10.1. The molecule has 216 valence electrons. The fraction of sp³-hybridized carbons (Fsp3) is 1.00. The molecular formula is C17H18F17NO. The van der Waals surface area contributed by atoms with Crippen LogP contribution in [0.1, 0.15) is 20.3 Å². The van der Waals surface area contributed by atoms with E-state index in [-0.39, 0.29) is 13.8 Å². The van der Waals surface area contributed by atoms with Gasteiger partial charge in [0.2, 0.25) is 0 Å². The van der Waals surface area contributed by atoms with Gasteiger partial charge in [0.1, 0.15) is 12.2 Å². The first-order chi connectivity index (χ1) is 15.6. The van der Waals surface area contributed by atoms with E-state index in [9.17, 15) is 74.6 Å². The van der Waals surface area contributed by atoms with Crippen molar-refractivity contribution in [3.8, 4) is 0 Å². The van der Waals surface area contributed by atoms with Gasteiger partial charge in [-0.15, -0.1) is 0 Å². The molecule has 0 aromatic carbocycles. The highest BCUT2D eigenvalue weighted by Crippen LogP contribution is 2.47. The van der Waals surface area contributed by atoms with Gasteiger partial charge in [-0.2, -0.15) is 52.7 Å². The van der Waals surface area contributed by atoms with Crippen LogP contribution in [-0.2, 0) is 4.74 Å². The van der Waals surface area contributed by atoms with Crippen LogP contribution < -0.4 is 0 Å². The van der Waals surface area contributed by atoms with Gasteiger partial charge in [0, 0.05) is 13.1 Å². The molecule has 0 amide bonds. The fourth-order valence-corrected chi connectivity index (χ4v) is 3.62. The predicted octanol–water partition coefficient (Wildman–Crippen LogP) is 6.94. The van der Waals surface area contributed by atoms with E-state index in [0.717, 1.165) is 0 Å². The van der Waals surface area contributed by atoms with Crippen molar-refractivity contribution >= 4 is 0 Å². The minimum atomic E-state index is -6.27. The van der Waals surface area contributed by atoms with E-state index in [4.69, 9.17) is 0 Å². The number of piperidine rings is 1. The van der Waals surface area contributed by atoms with E-state index in [0.29, 0.717) is 0 Å². The third kappa shape index (κ3) is 7.40. The smallest absolute Gasteiger partial charge is 0.363 e. The van der Waals surface area contributed by atoms with Gasteiger partial charge < -0.3 is 4.74 Å². The van der Waals surface area contributed by atoms with Gasteiger partial charge in [0.25, 0.3) is 12.1 Å². The number of halogens is 17. The lowest BCUT2D eigenvalue weighted by molar-refractivity contribution is -0.312. The van der Waals surface area contributed by atoms with Gasteiger partial charge in [0.15, 0.2) is 6.04 Å². The van der Waals surface area contributed by atoms with Crippen LogP contribution in [0.2, 0.25) is 0 Å². The highest BCUT2D eigenvalue weighted by Gasteiger charge is 2.66. The molecule has 36 heavy (non-hydrogen) atoms. The molecule has 1 heterocycles. The average Bonchev–Trinajstić information content (AvgIpc) is 2.63. The molecular weight excluding hydrogens is 557 g/mol. The Bertz CT molecular complexity index is 703. The molecule has 0 spiro atoms. The average molecular weight is 575 g/mol. The SMILES string of the molecule is CC(OC(C)C(F)(F)C(N1CC(C(F)(F)F)CC(C(F)(F)F)C1)C(F)(F)F)C(F)(F)C(F)C(F)(F)F. The Hall–Kier alpha value is -1.27. The second-order valence-electron chi connectivity index (χ2n) is 8.28. The van der Waals surface area contributed by atoms with Crippen LogP contribution >= 0.6 is 0 Å². The van der Waals surface area contributed by atoms with Crippen molar-refractivity contribution in [2.45, 2.75) is 81.2 Å². The van der Waals surface area contributed by atoms with E-state index in [2.05, 4.69) is 4.74 Å². The molecule has 0 N–H and O–H groups in total. The summed E-state index contributed by atoms with van der Waals surface area (Å²) in [5, 5.41) is 0. The first-order valence-electron chi connectivity index (χ1n) is 9.70. The van der Waals surface area contributed by atoms with Crippen LogP contribution in [0.3, 0.4) is 0 Å². The van der Waals surface area contributed by atoms with Crippen molar-refractivity contribution in [3.63, 3.8) is 0 Å². The number of likely N-dealkylation sites (tertiary alicyclic amines) is 1. The lowest BCUT2D eigenvalue weighted by atomic mass is 9.86. The highest BCUT2D eigenvalue weighted by atomic mass is 19.4. The number of hydrogen-bond donors (Lipinski definition) is 0. The summed E-state index contributed by atoms with van der Waals surface area (Å²) in [5.41, 5.74) is 0. The molecule has 1 aliphatic heterocycles. The number of hydrogen-bond acceptors (Lipinski definition) is 2. The van der Waals surface area contributed by atoms with E-state index in [1.54, 1.807) is 0 Å². The minimum absolute atomic E-state index is 0.0847. The molecule has 0 aromatic rings. The molecule has 0 radical (unpaired) electrons. The van der Waals surface area contributed by atoms with E-state index in [1.807, 2.05) is 0 Å². The number of ether oxygens (including phenoxy) is 1. The minimum Gasteiger partial charge on any atom is -0.363 e. The Morgan fingerprint density at radius 1 is 0.611 bits per heavy atom. The van der Waals surface area contributed by atoms with Crippen LogP contribution in [0.25, 0.3) is 0 Å². The standard InChI is InChI=1S/C17H18F17NO/c1-6(12(19,20)10(18)16(29,30)31)36-7(2)13(21,22)11(17(32,33)34)35-4-8(14(23,24)25)3-9(5-35)15(26,27)28/h6-11H,3-5H2,1-2H3. The summed E-state index contributed by atoms with van der Waals surface area (Å²) >= 11 is 0. The summed E-state index contributed by atoms with van der Waals surface area (Å²) < 4.78 is 230. The van der Waals surface area contributed by atoms with Crippen molar-refractivity contribution in [2.75, 3.05) is 13.1 Å². The van der Waals surface area contributed by atoms with Gasteiger partial charge in [-0.05, 0) is 20.3 Å². The molecule has 19 heteroatoms. The first-order valence-corrected chi connectivity index (χ1v) is 9.70. The number of alkyl halides is 17. The van der Waals surface area contributed by atoms with Crippen molar-refractivity contribution in [3.05, 3.63) is 0 Å². The zero-order chi connectivity index (χ0) is 28.9. The van der Waals surface area contributed by atoms with Crippen molar-refractivity contribution in [2.24, 2.45) is 11.8 Å². The molecule has 6 atom stereocenters. The normalized spacial score (nSPS) is 25.4. The predicted molar refractivity (Wildman–Crippen MR) is 86.0 cm³/mol. The van der Waals surface area contributed by atoms with Gasteiger partial charge >= 0.3 is 30.6 Å². The van der Waals surface area contributed by atoms with Crippen molar-refractivity contribution in [1.29, 1.82) is 0 Å². The number of nitrogens with zero attached hydrogens (tertiary/aromatic N) is 1. The molecule has 6 unspecified atom stereocenters. The lowest BCUT2D eigenvalue weighted by Gasteiger charge is -2.46. The Morgan fingerprint density at radius 3 is 1.28 bits per heavy atom. The molecule has 0 saturated carbocycles. The summed E-state index contributed by atoms with van der Waals surface area (Å²) in [7, 11) is 0. The molecule has 1 rings (SSSR count). The summed E-state index contributed by atoms with van der Waals surface area (Å²) in [4.78, 5) is -0.865. The van der Waals surface area contributed by atoms with Crippen molar-refractivity contribution in [1.82, 2.24) is 4.90 Å². The van der Waals surface area contributed by atoms with Crippen LogP contribution in [0.15, 0.2) is 0 Å². The first kappa shape index (κ1) is 32.8. The summed E-state index contributed by atoms with van der Waals surface area (Å²) in [6.07, 6.45) is -37.3. The Balaban J connectivity index is 3.37. The fourth-order valence-electron chi connectivity index (χ4n) is 3.62. The van der Waals surface area contributed by atoms with Crippen LogP contribution in [0.4, 0.5) is 74.6 Å². The van der Waals surface area contributed by atoms with Crippen LogP contribution in [-0.4, -0.2) is 79.0 Å². The number of rotatable bonds is 7. The second-order valence-corrected chi connectivity index (χ2v) is 8.28. The van der Waals surface area contributed by atoms with Crippen molar-refractivity contribution < 1.29 is 79.4 Å². The van der Waals surface area contributed by atoms with E-state index >= 15 is 0 Å². The lowest BCUT2D eigenvalue weighted by Crippen LogP contribution is -2.65. The molecule has 0 aromatic heterocycles. The molecule has 0 bridgehead atoms. The van der Waals surface area contributed by atoms with Crippen LogP contribution in [0, 0.1) is 11.8 Å². The van der Waals surface area contributed by atoms with Gasteiger partial charge in [-0.1, -0.05) is 0 Å². The maximum absolute atomic E-state index is 14.8. The third-order valence-electron chi connectivity index (χ3n) is 5.56. The summed E-state index contributed by atoms with van der Waals surface area (Å²) in [6.45, 7) is -4.16. The molecule has 1 saturated heterocycles. The van der Waals surface area contributed by atoms with Gasteiger partial charge in [-0.25, -0.2) is 22.0 Å². The quantitative estimate of drug-likeness (QED) is 0.305. The summed E-state index contributed by atoms with van der Waals surface area (Å²) in [6, 6.07) is -4.46. The monoisotopic (exact) mass is 575 g/mol.